The molecule has 10 aromatic carbocycles. The zero-order chi connectivity index (χ0) is 35.0. The van der Waals surface area contributed by atoms with Crippen LogP contribution < -0.4 is 0 Å². The van der Waals surface area contributed by atoms with E-state index < -0.39 is 0 Å². The van der Waals surface area contributed by atoms with Crippen LogP contribution in [0.15, 0.2) is 170 Å². The van der Waals surface area contributed by atoms with E-state index in [1.807, 2.05) is 0 Å². The minimum Gasteiger partial charge on any atom is -0.0616 e. The highest BCUT2D eigenvalue weighted by Gasteiger charge is 2.36. The van der Waals surface area contributed by atoms with Gasteiger partial charge in [-0.2, -0.15) is 0 Å². The summed E-state index contributed by atoms with van der Waals surface area (Å²) in [5, 5.41) is 13.2. The van der Waals surface area contributed by atoms with Crippen molar-refractivity contribution in [2.45, 2.75) is 19.3 Å². The Morgan fingerprint density at radius 2 is 0.698 bits per heavy atom. The molecule has 0 N–H and O–H groups in total. The fraction of sp³-hybridized carbons (Fsp3) is 0.0566. The lowest BCUT2D eigenvalue weighted by atomic mass is 9.80. The van der Waals surface area contributed by atoms with E-state index in [-0.39, 0.29) is 5.41 Å². The third kappa shape index (κ3) is 3.80. The summed E-state index contributed by atoms with van der Waals surface area (Å²) in [5.41, 5.74) is 15.8. The van der Waals surface area contributed by atoms with Gasteiger partial charge in [-0.25, -0.2) is 0 Å². The summed E-state index contributed by atoms with van der Waals surface area (Å²) in [4.78, 5) is 0. The molecule has 0 saturated heterocycles. The van der Waals surface area contributed by atoms with Crippen LogP contribution in [0.25, 0.3) is 109 Å². The molecule has 246 valence electrons. The highest BCUT2D eigenvalue weighted by Crippen LogP contribution is 2.53. The first-order valence-corrected chi connectivity index (χ1v) is 18.8. The van der Waals surface area contributed by atoms with Crippen LogP contribution in [0.3, 0.4) is 0 Å². The van der Waals surface area contributed by atoms with Crippen LogP contribution in [0.5, 0.6) is 0 Å². The van der Waals surface area contributed by atoms with Gasteiger partial charge in [0.25, 0.3) is 0 Å². The van der Waals surface area contributed by atoms with Crippen LogP contribution >= 0.6 is 0 Å². The lowest BCUT2D eigenvalue weighted by Crippen LogP contribution is -2.15. The lowest BCUT2D eigenvalue weighted by molar-refractivity contribution is 0.661. The van der Waals surface area contributed by atoms with E-state index in [2.05, 4.69) is 184 Å². The summed E-state index contributed by atoms with van der Waals surface area (Å²) in [7, 11) is 0. The number of rotatable bonds is 2. The molecule has 0 radical (unpaired) electrons. The van der Waals surface area contributed by atoms with Crippen LogP contribution in [-0.4, -0.2) is 0 Å². The average Bonchev–Trinajstić information content (AvgIpc) is 3.66. The summed E-state index contributed by atoms with van der Waals surface area (Å²) in [6.07, 6.45) is 0. The van der Waals surface area contributed by atoms with Crippen LogP contribution in [0.1, 0.15) is 25.0 Å². The molecule has 2 aliphatic carbocycles. The molecule has 0 aromatic heterocycles. The van der Waals surface area contributed by atoms with Crippen LogP contribution in [0.4, 0.5) is 0 Å². The van der Waals surface area contributed by atoms with Crippen molar-refractivity contribution in [1.29, 1.82) is 0 Å². The molecular formula is C53H34. The summed E-state index contributed by atoms with van der Waals surface area (Å²) < 4.78 is 0. The SMILES string of the molecule is CC1(C)c2cc(-c3ccc4c5c(cccc35)-c3ccccc3-4)ccc2-c2ccc(-c3cc4c5ccccc5c5ccccc5c4c4ccccc34)cc21. The molecule has 10 aromatic rings. The Labute approximate surface area is 308 Å². The molecule has 0 spiro atoms. The van der Waals surface area contributed by atoms with Gasteiger partial charge in [0.05, 0.1) is 0 Å². The second kappa shape index (κ2) is 10.3. The molecule has 0 amide bonds. The van der Waals surface area contributed by atoms with Gasteiger partial charge in [0.2, 0.25) is 0 Å². The molecule has 0 fully saturated rings. The second-order valence-corrected chi connectivity index (χ2v) is 15.6. The number of hydrogen-bond acceptors (Lipinski definition) is 0. The molecule has 0 atom stereocenters. The van der Waals surface area contributed by atoms with E-state index in [4.69, 9.17) is 0 Å². The Balaban J connectivity index is 1.03. The largest absolute Gasteiger partial charge is 0.0616 e. The van der Waals surface area contributed by atoms with Gasteiger partial charge >= 0.3 is 0 Å². The fourth-order valence-electron chi connectivity index (χ4n) is 10.1. The van der Waals surface area contributed by atoms with Gasteiger partial charge in [-0.3, -0.25) is 0 Å². The fourth-order valence-corrected chi connectivity index (χ4v) is 10.1. The van der Waals surface area contributed by atoms with Crippen molar-refractivity contribution in [3.05, 3.63) is 181 Å². The van der Waals surface area contributed by atoms with Gasteiger partial charge in [0.15, 0.2) is 0 Å². The highest BCUT2D eigenvalue weighted by molar-refractivity contribution is 6.33. The van der Waals surface area contributed by atoms with E-state index in [0.717, 1.165) is 0 Å². The standard InChI is InChI=1S/C53H34/c1-53(2)49-28-31(33-26-27-46-37-15-5-4-14-36(37)45-21-11-20-42(33)51(45)46)22-24-40(49)41-25-23-32(29-50(41)53)47-30-48-38-16-6-3-12-34(38)35-13-7-9-18-43(35)52(48)44-19-10-8-17-39(44)47/h3-30H,1-2H3. The van der Waals surface area contributed by atoms with E-state index in [0.29, 0.717) is 0 Å². The number of hydrogen-bond donors (Lipinski definition) is 0. The molecular weight excluding hydrogens is 637 g/mol. The Kier molecular flexibility index (Phi) is 5.66. The predicted molar refractivity (Wildman–Crippen MR) is 227 cm³/mol. The smallest absolute Gasteiger partial charge is 0.0159 e. The molecule has 12 rings (SSSR count). The first kappa shape index (κ1) is 29.1. The molecule has 0 bridgehead atoms. The Morgan fingerprint density at radius 1 is 0.264 bits per heavy atom. The van der Waals surface area contributed by atoms with E-state index in [1.54, 1.807) is 0 Å². The molecule has 0 saturated carbocycles. The third-order valence-corrected chi connectivity index (χ3v) is 12.6. The van der Waals surface area contributed by atoms with Gasteiger partial charge in [-0.05, 0) is 139 Å². The minimum absolute atomic E-state index is 0.155. The average molecular weight is 671 g/mol. The van der Waals surface area contributed by atoms with Crippen molar-refractivity contribution < 1.29 is 0 Å². The van der Waals surface area contributed by atoms with Gasteiger partial charge in [-0.15, -0.1) is 0 Å². The van der Waals surface area contributed by atoms with Crippen LogP contribution in [0, 0.1) is 0 Å². The molecule has 53 heavy (non-hydrogen) atoms. The monoisotopic (exact) mass is 670 g/mol. The first-order chi connectivity index (χ1) is 26.1. The van der Waals surface area contributed by atoms with Gasteiger partial charge in [0, 0.05) is 5.41 Å². The summed E-state index contributed by atoms with van der Waals surface area (Å²) in [5.74, 6) is 0. The second-order valence-electron chi connectivity index (χ2n) is 15.6. The van der Waals surface area contributed by atoms with Crippen molar-refractivity contribution in [3.63, 3.8) is 0 Å². The van der Waals surface area contributed by atoms with Gasteiger partial charge in [0.1, 0.15) is 0 Å². The summed E-state index contributed by atoms with van der Waals surface area (Å²) >= 11 is 0. The first-order valence-electron chi connectivity index (χ1n) is 18.8. The van der Waals surface area contributed by atoms with Crippen molar-refractivity contribution >= 4 is 53.9 Å². The lowest BCUT2D eigenvalue weighted by Gasteiger charge is -2.23. The van der Waals surface area contributed by atoms with Crippen molar-refractivity contribution in [3.8, 4) is 55.6 Å². The van der Waals surface area contributed by atoms with E-state index in [9.17, 15) is 0 Å². The molecule has 0 unspecified atom stereocenters. The van der Waals surface area contributed by atoms with Crippen molar-refractivity contribution in [1.82, 2.24) is 0 Å². The van der Waals surface area contributed by atoms with Crippen molar-refractivity contribution in [2.24, 2.45) is 0 Å². The van der Waals surface area contributed by atoms with Crippen LogP contribution in [-0.2, 0) is 5.41 Å². The molecule has 0 heteroatoms. The third-order valence-electron chi connectivity index (χ3n) is 12.6. The van der Waals surface area contributed by atoms with Crippen LogP contribution in [0.2, 0.25) is 0 Å². The Morgan fingerprint density at radius 3 is 1.36 bits per heavy atom. The molecule has 0 nitrogen and oxygen atoms in total. The molecule has 0 heterocycles. The number of fused-ring (bicyclic) bond motifs is 14. The maximum absolute atomic E-state index is 2.49. The van der Waals surface area contributed by atoms with Crippen molar-refractivity contribution in [2.75, 3.05) is 0 Å². The Bertz CT molecular complexity index is 3220. The van der Waals surface area contributed by atoms with E-state index >= 15 is 0 Å². The predicted octanol–water partition coefficient (Wildman–Crippen LogP) is 14.7. The van der Waals surface area contributed by atoms with Gasteiger partial charge in [-0.1, -0.05) is 166 Å². The molecule has 2 aliphatic rings. The zero-order valence-electron chi connectivity index (χ0n) is 29.7. The maximum Gasteiger partial charge on any atom is 0.0159 e. The summed E-state index contributed by atoms with van der Waals surface area (Å²) in [6.45, 7) is 4.82. The van der Waals surface area contributed by atoms with E-state index in [1.165, 1.54) is 121 Å². The molecule has 0 aliphatic heterocycles. The minimum atomic E-state index is -0.155. The Hall–Kier alpha value is -6.50. The quantitative estimate of drug-likeness (QED) is 0.161. The van der Waals surface area contributed by atoms with Gasteiger partial charge < -0.3 is 0 Å². The summed E-state index contributed by atoms with van der Waals surface area (Å²) in [6, 6.07) is 64.0. The zero-order valence-corrected chi connectivity index (χ0v) is 29.7. The number of benzene rings is 10. The normalized spacial score (nSPS) is 13.6. The maximum atomic E-state index is 2.49. The topological polar surface area (TPSA) is 0 Å². The highest BCUT2D eigenvalue weighted by atomic mass is 14.4.